The van der Waals surface area contributed by atoms with Crippen LogP contribution in [0.1, 0.15) is 26.2 Å². The van der Waals surface area contributed by atoms with Gasteiger partial charge in [-0.2, -0.15) is 0 Å². The SMILES string of the molecule is CCCOc1cc(NC2CC=CC2)ncn1. The summed E-state index contributed by atoms with van der Waals surface area (Å²) in [4.78, 5) is 8.24. The number of hydrogen-bond donors (Lipinski definition) is 1. The van der Waals surface area contributed by atoms with Gasteiger partial charge in [-0.05, 0) is 19.3 Å². The van der Waals surface area contributed by atoms with Gasteiger partial charge in [0.05, 0.1) is 6.61 Å². The van der Waals surface area contributed by atoms with E-state index in [2.05, 4.69) is 34.4 Å². The third-order valence-corrected chi connectivity index (χ3v) is 2.46. The van der Waals surface area contributed by atoms with E-state index in [0.717, 1.165) is 25.1 Å². The number of hydrogen-bond acceptors (Lipinski definition) is 4. The van der Waals surface area contributed by atoms with Gasteiger partial charge in [0.1, 0.15) is 12.1 Å². The molecule has 0 fully saturated rings. The van der Waals surface area contributed by atoms with Crippen molar-refractivity contribution >= 4 is 5.82 Å². The normalized spacial score (nSPS) is 15.3. The molecule has 0 aliphatic heterocycles. The maximum absolute atomic E-state index is 5.45. The molecule has 0 unspecified atom stereocenters. The van der Waals surface area contributed by atoms with E-state index in [-0.39, 0.29) is 0 Å². The molecule has 4 nitrogen and oxygen atoms in total. The van der Waals surface area contributed by atoms with E-state index in [4.69, 9.17) is 4.74 Å². The molecular weight excluding hydrogens is 202 g/mol. The third kappa shape index (κ3) is 2.95. The topological polar surface area (TPSA) is 47.0 Å². The second-order valence-corrected chi connectivity index (χ2v) is 3.87. The Morgan fingerprint density at radius 3 is 2.94 bits per heavy atom. The molecule has 4 heteroatoms. The van der Waals surface area contributed by atoms with E-state index >= 15 is 0 Å². The van der Waals surface area contributed by atoms with E-state index in [1.807, 2.05) is 6.07 Å². The van der Waals surface area contributed by atoms with Crippen molar-refractivity contribution < 1.29 is 4.74 Å². The molecule has 0 aromatic carbocycles. The summed E-state index contributed by atoms with van der Waals surface area (Å²) in [5.41, 5.74) is 0. The highest BCUT2D eigenvalue weighted by Crippen LogP contribution is 2.17. The van der Waals surface area contributed by atoms with Gasteiger partial charge < -0.3 is 10.1 Å². The van der Waals surface area contributed by atoms with Crippen LogP contribution < -0.4 is 10.1 Å². The Kier molecular flexibility index (Phi) is 3.75. The predicted octanol–water partition coefficient (Wildman–Crippen LogP) is 2.40. The summed E-state index contributed by atoms with van der Waals surface area (Å²) in [7, 11) is 0. The Labute approximate surface area is 95.8 Å². The first-order valence-electron chi connectivity index (χ1n) is 5.75. The van der Waals surface area contributed by atoms with Crippen molar-refractivity contribution in [1.29, 1.82) is 0 Å². The number of rotatable bonds is 5. The summed E-state index contributed by atoms with van der Waals surface area (Å²) in [5, 5.41) is 3.36. The summed E-state index contributed by atoms with van der Waals surface area (Å²) >= 11 is 0. The Morgan fingerprint density at radius 2 is 2.19 bits per heavy atom. The highest BCUT2D eigenvalue weighted by atomic mass is 16.5. The minimum Gasteiger partial charge on any atom is -0.478 e. The third-order valence-electron chi connectivity index (χ3n) is 2.46. The largest absolute Gasteiger partial charge is 0.478 e. The minimum absolute atomic E-state index is 0.467. The zero-order valence-corrected chi connectivity index (χ0v) is 9.52. The monoisotopic (exact) mass is 219 g/mol. The number of nitrogens with zero attached hydrogens (tertiary/aromatic N) is 2. The second kappa shape index (κ2) is 5.49. The van der Waals surface area contributed by atoms with Crippen LogP contribution in [0.4, 0.5) is 5.82 Å². The molecule has 0 saturated carbocycles. The molecule has 1 aliphatic carbocycles. The molecule has 1 aliphatic rings. The molecule has 1 heterocycles. The lowest BCUT2D eigenvalue weighted by molar-refractivity contribution is 0.305. The summed E-state index contributed by atoms with van der Waals surface area (Å²) in [6, 6.07) is 2.32. The second-order valence-electron chi connectivity index (χ2n) is 3.87. The van der Waals surface area contributed by atoms with Gasteiger partial charge in [0.25, 0.3) is 0 Å². The molecule has 16 heavy (non-hydrogen) atoms. The van der Waals surface area contributed by atoms with Gasteiger partial charge in [0, 0.05) is 12.1 Å². The van der Waals surface area contributed by atoms with Crippen LogP contribution in [-0.2, 0) is 0 Å². The van der Waals surface area contributed by atoms with E-state index in [9.17, 15) is 0 Å². The average Bonchev–Trinajstić information content (AvgIpc) is 2.80. The molecule has 0 radical (unpaired) electrons. The van der Waals surface area contributed by atoms with Gasteiger partial charge >= 0.3 is 0 Å². The molecule has 2 rings (SSSR count). The van der Waals surface area contributed by atoms with Crippen LogP contribution in [-0.4, -0.2) is 22.6 Å². The molecule has 0 spiro atoms. The van der Waals surface area contributed by atoms with Crippen LogP contribution in [0, 0.1) is 0 Å². The molecule has 1 aromatic rings. The first-order chi connectivity index (χ1) is 7.88. The number of aromatic nitrogens is 2. The first kappa shape index (κ1) is 10.9. The van der Waals surface area contributed by atoms with Crippen molar-refractivity contribution in [2.75, 3.05) is 11.9 Å². The van der Waals surface area contributed by atoms with E-state index in [1.54, 1.807) is 0 Å². The zero-order chi connectivity index (χ0) is 11.2. The lowest BCUT2D eigenvalue weighted by atomic mass is 10.2. The van der Waals surface area contributed by atoms with Crippen LogP contribution in [0.15, 0.2) is 24.5 Å². The predicted molar refractivity (Wildman–Crippen MR) is 63.6 cm³/mol. The van der Waals surface area contributed by atoms with E-state index < -0.39 is 0 Å². The highest BCUT2D eigenvalue weighted by Gasteiger charge is 2.10. The Balaban J connectivity index is 1.93. The fourth-order valence-corrected chi connectivity index (χ4v) is 1.65. The van der Waals surface area contributed by atoms with Crippen molar-refractivity contribution in [3.63, 3.8) is 0 Å². The molecular formula is C12H17N3O. The number of ether oxygens (including phenoxy) is 1. The highest BCUT2D eigenvalue weighted by molar-refractivity contribution is 5.38. The number of anilines is 1. The van der Waals surface area contributed by atoms with Gasteiger partial charge in [0.2, 0.25) is 5.88 Å². The molecule has 0 amide bonds. The van der Waals surface area contributed by atoms with Gasteiger partial charge in [-0.25, -0.2) is 9.97 Å². The molecule has 0 atom stereocenters. The van der Waals surface area contributed by atoms with Gasteiger partial charge in [-0.15, -0.1) is 0 Å². The fraction of sp³-hybridized carbons (Fsp3) is 0.500. The van der Waals surface area contributed by atoms with Crippen molar-refractivity contribution in [2.24, 2.45) is 0 Å². The summed E-state index contributed by atoms with van der Waals surface area (Å²) in [6.45, 7) is 2.77. The lowest BCUT2D eigenvalue weighted by Crippen LogP contribution is -2.16. The summed E-state index contributed by atoms with van der Waals surface area (Å²) < 4.78 is 5.45. The molecule has 1 N–H and O–H groups in total. The van der Waals surface area contributed by atoms with Crippen LogP contribution in [0.3, 0.4) is 0 Å². The quantitative estimate of drug-likeness (QED) is 0.772. The standard InChI is InChI=1S/C12H17N3O/c1-2-7-16-12-8-11(13-9-14-12)15-10-5-3-4-6-10/h3-4,8-10H,2,5-7H2,1H3,(H,13,14,15). The Bertz CT molecular complexity index is 357. The van der Waals surface area contributed by atoms with Crippen molar-refractivity contribution in [1.82, 2.24) is 9.97 Å². The van der Waals surface area contributed by atoms with Crippen LogP contribution >= 0.6 is 0 Å². The molecule has 0 bridgehead atoms. The van der Waals surface area contributed by atoms with Gasteiger partial charge in [-0.3, -0.25) is 0 Å². The van der Waals surface area contributed by atoms with Gasteiger partial charge in [-0.1, -0.05) is 19.1 Å². The lowest BCUT2D eigenvalue weighted by Gasteiger charge is -2.12. The maximum Gasteiger partial charge on any atom is 0.218 e. The Hall–Kier alpha value is -1.58. The van der Waals surface area contributed by atoms with E-state index in [1.165, 1.54) is 6.33 Å². The first-order valence-corrected chi connectivity index (χ1v) is 5.75. The summed E-state index contributed by atoms with van der Waals surface area (Å²) in [6.07, 6.45) is 9.03. The van der Waals surface area contributed by atoms with Gasteiger partial charge in [0.15, 0.2) is 0 Å². The smallest absolute Gasteiger partial charge is 0.218 e. The zero-order valence-electron chi connectivity index (χ0n) is 9.52. The Morgan fingerprint density at radius 1 is 1.38 bits per heavy atom. The molecule has 1 aromatic heterocycles. The van der Waals surface area contributed by atoms with Crippen LogP contribution in [0.5, 0.6) is 5.88 Å². The van der Waals surface area contributed by atoms with Crippen molar-refractivity contribution in [3.8, 4) is 5.88 Å². The molecule has 0 saturated heterocycles. The van der Waals surface area contributed by atoms with Crippen molar-refractivity contribution in [3.05, 3.63) is 24.5 Å². The van der Waals surface area contributed by atoms with Crippen LogP contribution in [0.2, 0.25) is 0 Å². The van der Waals surface area contributed by atoms with Crippen molar-refractivity contribution in [2.45, 2.75) is 32.2 Å². The summed E-state index contributed by atoms with van der Waals surface area (Å²) in [5.74, 6) is 1.49. The maximum atomic E-state index is 5.45. The van der Waals surface area contributed by atoms with E-state index in [0.29, 0.717) is 18.5 Å². The van der Waals surface area contributed by atoms with Crippen LogP contribution in [0.25, 0.3) is 0 Å². The average molecular weight is 219 g/mol. The fourth-order valence-electron chi connectivity index (χ4n) is 1.65. The minimum atomic E-state index is 0.467. The molecule has 86 valence electrons. The number of nitrogens with one attached hydrogen (secondary N) is 1.